The lowest BCUT2D eigenvalue weighted by Crippen LogP contribution is -1.86. The minimum absolute atomic E-state index is 0.0102. The highest BCUT2D eigenvalue weighted by Crippen LogP contribution is 2.28. The molecule has 0 spiro atoms. The molecule has 3 nitrogen and oxygen atoms in total. The third-order valence-electron chi connectivity index (χ3n) is 2.05. The van der Waals surface area contributed by atoms with Crippen molar-refractivity contribution in [3.05, 3.63) is 47.0 Å². The first-order valence-electron chi connectivity index (χ1n) is 4.80. The molecule has 0 unspecified atom stereocenters. The molecular weight excluding hydrogens is 244 g/mol. The molecule has 0 saturated heterocycles. The maximum atomic E-state index is 8.88. The van der Waals surface area contributed by atoms with Crippen molar-refractivity contribution in [2.45, 2.75) is 17.3 Å². The number of hydrogen-bond acceptors (Lipinski definition) is 3. The number of halogens is 1. The molecule has 84 valence electrons. The van der Waals surface area contributed by atoms with Gasteiger partial charge in [-0.15, -0.1) is 11.8 Å². The molecular formula is C11H11ClN2OS. The van der Waals surface area contributed by atoms with E-state index in [1.165, 1.54) is 0 Å². The molecule has 1 aromatic heterocycles. The van der Waals surface area contributed by atoms with Crippen LogP contribution in [0.4, 0.5) is 0 Å². The Labute approximate surface area is 103 Å². The molecule has 0 amide bonds. The van der Waals surface area contributed by atoms with Crippen molar-refractivity contribution < 1.29 is 5.11 Å². The van der Waals surface area contributed by atoms with E-state index < -0.39 is 0 Å². The SMILES string of the molecule is OCc1cnc(CSc2ccccc2Cl)[nH]1. The molecule has 0 aliphatic carbocycles. The summed E-state index contributed by atoms with van der Waals surface area (Å²) in [4.78, 5) is 8.21. The van der Waals surface area contributed by atoms with E-state index in [1.807, 2.05) is 24.3 Å². The monoisotopic (exact) mass is 254 g/mol. The summed E-state index contributed by atoms with van der Waals surface area (Å²) in [5.41, 5.74) is 0.731. The number of nitrogens with zero attached hydrogens (tertiary/aromatic N) is 1. The second-order valence-electron chi connectivity index (χ2n) is 3.23. The largest absolute Gasteiger partial charge is 0.390 e. The summed E-state index contributed by atoms with van der Waals surface area (Å²) in [6, 6.07) is 7.70. The number of aromatic amines is 1. The molecule has 0 radical (unpaired) electrons. The van der Waals surface area contributed by atoms with Gasteiger partial charge in [-0.25, -0.2) is 4.98 Å². The van der Waals surface area contributed by atoms with Gasteiger partial charge in [-0.05, 0) is 12.1 Å². The van der Waals surface area contributed by atoms with Gasteiger partial charge in [-0.2, -0.15) is 0 Å². The van der Waals surface area contributed by atoms with Gasteiger partial charge in [0.2, 0.25) is 0 Å². The molecule has 2 rings (SSSR count). The van der Waals surface area contributed by atoms with Gasteiger partial charge in [0.25, 0.3) is 0 Å². The molecule has 0 bridgehead atoms. The van der Waals surface area contributed by atoms with Crippen molar-refractivity contribution in [2.75, 3.05) is 0 Å². The van der Waals surface area contributed by atoms with E-state index in [9.17, 15) is 0 Å². The van der Waals surface area contributed by atoms with Crippen LogP contribution in [0.15, 0.2) is 35.4 Å². The molecule has 2 aromatic rings. The first kappa shape index (κ1) is 11.5. The van der Waals surface area contributed by atoms with Crippen LogP contribution >= 0.6 is 23.4 Å². The van der Waals surface area contributed by atoms with Crippen LogP contribution in [0.1, 0.15) is 11.5 Å². The smallest absolute Gasteiger partial charge is 0.116 e. The van der Waals surface area contributed by atoms with Crippen molar-refractivity contribution >= 4 is 23.4 Å². The Morgan fingerprint density at radius 1 is 1.38 bits per heavy atom. The van der Waals surface area contributed by atoms with Crippen molar-refractivity contribution in [3.63, 3.8) is 0 Å². The lowest BCUT2D eigenvalue weighted by Gasteiger charge is -2.01. The summed E-state index contributed by atoms with van der Waals surface area (Å²) in [5, 5.41) is 9.63. The normalized spacial score (nSPS) is 10.6. The molecule has 5 heteroatoms. The van der Waals surface area contributed by atoms with E-state index in [0.717, 1.165) is 21.4 Å². The fourth-order valence-corrected chi connectivity index (χ4v) is 2.39. The number of nitrogens with one attached hydrogen (secondary N) is 1. The van der Waals surface area contributed by atoms with Crippen LogP contribution in [0.5, 0.6) is 0 Å². The Balaban J connectivity index is 1.99. The fraction of sp³-hybridized carbons (Fsp3) is 0.182. The number of imidazole rings is 1. The highest BCUT2D eigenvalue weighted by Gasteiger charge is 2.03. The lowest BCUT2D eigenvalue weighted by molar-refractivity contribution is 0.277. The van der Waals surface area contributed by atoms with Crippen LogP contribution < -0.4 is 0 Å². The van der Waals surface area contributed by atoms with Gasteiger partial charge in [0.1, 0.15) is 5.82 Å². The highest BCUT2D eigenvalue weighted by molar-refractivity contribution is 7.98. The zero-order chi connectivity index (χ0) is 11.4. The van der Waals surface area contributed by atoms with Gasteiger partial charge >= 0.3 is 0 Å². The summed E-state index contributed by atoms with van der Waals surface area (Å²) >= 11 is 7.65. The molecule has 1 heterocycles. The first-order chi connectivity index (χ1) is 7.79. The number of aliphatic hydroxyl groups excluding tert-OH is 1. The summed E-state index contributed by atoms with van der Waals surface area (Å²) in [7, 11) is 0. The maximum absolute atomic E-state index is 8.88. The van der Waals surface area contributed by atoms with E-state index >= 15 is 0 Å². The number of thioether (sulfide) groups is 1. The van der Waals surface area contributed by atoms with Crippen molar-refractivity contribution in [1.29, 1.82) is 0 Å². The molecule has 0 fully saturated rings. The zero-order valence-electron chi connectivity index (χ0n) is 8.48. The number of benzene rings is 1. The predicted molar refractivity (Wildman–Crippen MR) is 65.5 cm³/mol. The van der Waals surface area contributed by atoms with Crippen molar-refractivity contribution in [1.82, 2.24) is 9.97 Å². The maximum Gasteiger partial charge on any atom is 0.116 e. The lowest BCUT2D eigenvalue weighted by atomic mass is 10.4. The van der Waals surface area contributed by atoms with Crippen molar-refractivity contribution in [2.24, 2.45) is 0 Å². The molecule has 0 atom stereocenters. The molecule has 0 aliphatic rings. The quantitative estimate of drug-likeness (QED) is 0.825. The Kier molecular flexibility index (Phi) is 3.88. The third-order valence-corrected chi connectivity index (χ3v) is 3.58. The van der Waals surface area contributed by atoms with E-state index in [1.54, 1.807) is 18.0 Å². The number of hydrogen-bond donors (Lipinski definition) is 2. The standard InChI is InChI=1S/C11H11ClN2OS/c12-9-3-1-2-4-10(9)16-7-11-13-5-8(6-15)14-11/h1-5,15H,6-7H2,(H,13,14). The topological polar surface area (TPSA) is 48.9 Å². The average molecular weight is 255 g/mol. The second kappa shape index (κ2) is 5.39. The van der Waals surface area contributed by atoms with Gasteiger partial charge < -0.3 is 10.1 Å². The Morgan fingerprint density at radius 2 is 2.19 bits per heavy atom. The summed E-state index contributed by atoms with van der Waals surface area (Å²) in [6.45, 7) is -0.0102. The Hall–Kier alpha value is -0.970. The van der Waals surface area contributed by atoms with Crippen LogP contribution in [0.3, 0.4) is 0 Å². The minimum Gasteiger partial charge on any atom is -0.390 e. The van der Waals surface area contributed by atoms with E-state index in [-0.39, 0.29) is 6.61 Å². The van der Waals surface area contributed by atoms with Crippen LogP contribution in [-0.2, 0) is 12.4 Å². The number of H-pyrrole nitrogens is 1. The van der Waals surface area contributed by atoms with E-state index in [2.05, 4.69) is 9.97 Å². The molecule has 2 N–H and O–H groups in total. The minimum atomic E-state index is -0.0102. The van der Waals surface area contributed by atoms with Crippen LogP contribution in [0.2, 0.25) is 5.02 Å². The predicted octanol–water partition coefficient (Wildman–Crippen LogP) is 2.85. The van der Waals surface area contributed by atoms with Gasteiger partial charge in [0.05, 0.1) is 29.3 Å². The molecule has 1 aromatic carbocycles. The Bertz CT molecular complexity index is 473. The third kappa shape index (κ3) is 2.78. The molecule has 16 heavy (non-hydrogen) atoms. The summed E-state index contributed by atoms with van der Waals surface area (Å²) in [6.07, 6.45) is 1.64. The van der Waals surface area contributed by atoms with Gasteiger partial charge in [-0.1, -0.05) is 23.7 Å². The summed E-state index contributed by atoms with van der Waals surface area (Å²) < 4.78 is 0. The van der Waals surface area contributed by atoms with Gasteiger partial charge in [-0.3, -0.25) is 0 Å². The summed E-state index contributed by atoms with van der Waals surface area (Å²) in [5.74, 6) is 1.55. The number of aromatic nitrogens is 2. The van der Waals surface area contributed by atoms with Gasteiger partial charge in [0.15, 0.2) is 0 Å². The van der Waals surface area contributed by atoms with Crippen LogP contribution in [0, 0.1) is 0 Å². The van der Waals surface area contributed by atoms with Crippen LogP contribution in [-0.4, -0.2) is 15.1 Å². The molecule has 0 aliphatic heterocycles. The van der Waals surface area contributed by atoms with Crippen LogP contribution in [0.25, 0.3) is 0 Å². The first-order valence-corrected chi connectivity index (χ1v) is 6.17. The van der Waals surface area contributed by atoms with E-state index in [4.69, 9.17) is 16.7 Å². The van der Waals surface area contributed by atoms with E-state index in [0.29, 0.717) is 5.75 Å². The number of aliphatic hydroxyl groups is 1. The highest BCUT2D eigenvalue weighted by atomic mass is 35.5. The second-order valence-corrected chi connectivity index (χ2v) is 4.66. The average Bonchev–Trinajstić information content (AvgIpc) is 2.76. The zero-order valence-corrected chi connectivity index (χ0v) is 10.1. The number of rotatable bonds is 4. The fourth-order valence-electron chi connectivity index (χ4n) is 1.27. The Morgan fingerprint density at radius 3 is 2.88 bits per heavy atom. The van der Waals surface area contributed by atoms with Crippen molar-refractivity contribution in [3.8, 4) is 0 Å². The van der Waals surface area contributed by atoms with Gasteiger partial charge in [0, 0.05) is 4.90 Å². The molecule has 0 saturated carbocycles.